The van der Waals surface area contributed by atoms with Crippen molar-refractivity contribution in [2.24, 2.45) is 0 Å². The molecule has 4 rings (SSSR count). The largest absolute Gasteiger partial charge is 0.489 e. The number of ether oxygens (including phenoxy) is 2. The van der Waals surface area contributed by atoms with Crippen LogP contribution in [0, 0.1) is 0 Å². The van der Waals surface area contributed by atoms with Gasteiger partial charge in [0.15, 0.2) is 4.96 Å². The number of rotatable bonds is 5. The predicted molar refractivity (Wildman–Crippen MR) is 98.2 cm³/mol. The molecule has 134 valence electrons. The van der Waals surface area contributed by atoms with E-state index in [9.17, 15) is 9.59 Å². The maximum absolute atomic E-state index is 12.7. The zero-order valence-electron chi connectivity index (χ0n) is 13.9. The van der Waals surface area contributed by atoms with Crippen LogP contribution in [-0.2, 0) is 4.74 Å². The number of nitrogens with one attached hydrogen (secondary N) is 1. The van der Waals surface area contributed by atoms with Gasteiger partial charge in [0.05, 0.1) is 11.8 Å². The standard InChI is InChI=1S/C18H17N3O4S/c22-16-10-14(21-7-9-26-18(21)20-16)17(23)19-13-5-1-2-6-15(13)25-11-12-4-3-8-24-12/h1-2,5-7,9-10,12H,3-4,8,11H2,(H,19,23)/t12-/m1/s1. The fourth-order valence-corrected chi connectivity index (χ4v) is 3.58. The van der Waals surface area contributed by atoms with Gasteiger partial charge in [0, 0.05) is 24.3 Å². The van der Waals surface area contributed by atoms with E-state index in [1.807, 2.05) is 12.1 Å². The van der Waals surface area contributed by atoms with Gasteiger partial charge < -0.3 is 14.8 Å². The first kappa shape index (κ1) is 16.7. The molecule has 1 atom stereocenters. The lowest BCUT2D eigenvalue weighted by Gasteiger charge is -2.15. The molecule has 3 heterocycles. The first-order valence-corrected chi connectivity index (χ1v) is 9.20. The predicted octanol–water partition coefficient (Wildman–Crippen LogP) is 2.57. The lowest BCUT2D eigenvalue weighted by atomic mass is 10.2. The van der Waals surface area contributed by atoms with E-state index in [0.29, 0.717) is 23.0 Å². The van der Waals surface area contributed by atoms with E-state index in [4.69, 9.17) is 9.47 Å². The molecular weight excluding hydrogens is 354 g/mol. The molecule has 1 aromatic carbocycles. The Morgan fingerprint density at radius 2 is 2.31 bits per heavy atom. The molecular formula is C18H17N3O4S. The van der Waals surface area contributed by atoms with E-state index in [2.05, 4.69) is 10.3 Å². The van der Waals surface area contributed by atoms with Crippen molar-refractivity contribution in [3.63, 3.8) is 0 Å². The average molecular weight is 371 g/mol. The van der Waals surface area contributed by atoms with Crippen LogP contribution in [0.3, 0.4) is 0 Å². The van der Waals surface area contributed by atoms with Gasteiger partial charge in [-0.25, -0.2) is 0 Å². The number of carbonyl (C=O) groups excluding carboxylic acids is 1. The number of nitrogens with zero attached hydrogens (tertiary/aromatic N) is 2. The summed E-state index contributed by atoms with van der Waals surface area (Å²) in [5, 5.41) is 4.60. The Hall–Kier alpha value is -2.71. The molecule has 1 aliphatic heterocycles. The fourth-order valence-electron chi connectivity index (χ4n) is 2.86. The maximum atomic E-state index is 12.7. The van der Waals surface area contributed by atoms with Gasteiger partial charge in [-0.15, -0.1) is 11.3 Å². The zero-order valence-corrected chi connectivity index (χ0v) is 14.7. The summed E-state index contributed by atoms with van der Waals surface area (Å²) < 4.78 is 13.0. The summed E-state index contributed by atoms with van der Waals surface area (Å²) in [7, 11) is 0. The van der Waals surface area contributed by atoms with Gasteiger partial charge in [-0.1, -0.05) is 12.1 Å². The van der Waals surface area contributed by atoms with Crippen LogP contribution in [0.5, 0.6) is 5.75 Å². The molecule has 8 heteroatoms. The van der Waals surface area contributed by atoms with Crippen molar-refractivity contribution < 1.29 is 14.3 Å². The van der Waals surface area contributed by atoms with Crippen molar-refractivity contribution in [2.45, 2.75) is 18.9 Å². The number of thiazole rings is 1. The van der Waals surface area contributed by atoms with Gasteiger partial charge in [0.1, 0.15) is 18.1 Å². The van der Waals surface area contributed by atoms with Gasteiger partial charge in [-0.05, 0) is 25.0 Å². The molecule has 0 unspecified atom stereocenters. The average Bonchev–Trinajstić information content (AvgIpc) is 3.31. The van der Waals surface area contributed by atoms with Crippen molar-refractivity contribution in [2.75, 3.05) is 18.5 Å². The molecule has 26 heavy (non-hydrogen) atoms. The number of hydrogen-bond donors (Lipinski definition) is 1. The second-order valence-electron chi connectivity index (χ2n) is 5.93. The Morgan fingerprint density at radius 1 is 1.42 bits per heavy atom. The van der Waals surface area contributed by atoms with Crippen LogP contribution >= 0.6 is 11.3 Å². The topological polar surface area (TPSA) is 81.9 Å². The summed E-state index contributed by atoms with van der Waals surface area (Å²) in [6, 6.07) is 8.44. The SMILES string of the molecule is O=C(Nc1ccccc1OC[C@H]1CCCO1)c1cc(=O)nc2sccn12. The summed E-state index contributed by atoms with van der Waals surface area (Å²) in [4.78, 5) is 28.8. The lowest BCUT2D eigenvalue weighted by molar-refractivity contribution is 0.0682. The molecule has 0 aliphatic carbocycles. The van der Waals surface area contributed by atoms with Crippen LogP contribution in [0.1, 0.15) is 23.3 Å². The van der Waals surface area contributed by atoms with Gasteiger partial charge >= 0.3 is 0 Å². The summed E-state index contributed by atoms with van der Waals surface area (Å²) >= 11 is 1.30. The molecule has 0 spiro atoms. The molecule has 1 amide bonds. The molecule has 7 nitrogen and oxygen atoms in total. The van der Waals surface area contributed by atoms with Crippen LogP contribution < -0.4 is 15.6 Å². The summed E-state index contributed by atoms with van der Waals surface area (Å²) in [5.74, 6) is 0.172. The summed E-state index contributed by atoms with van der Waals surface area (Å²) in [5.41, 5.74) is 0.333. The third kappa shape index (κ3) is 3.47. The fraction of sp³-hybridized carbons (Fsp3) is 0.278. The van der Waals surface area contributed by atoms with Crippen molar-refractivity contribution in [1.29, 1.82) is 0 Å². The number of hydrogen-bond acceptors (Lipinski definition) is 6. The quantitative estimate of drug-likeness (QED) is 0.745. The Bertz CT molecular complexity index is 991. The summed E-state index contributed by atoms with van der Waals surface area (Å²) in [6.07, 6.45) is 3.81. The number of para-hydroxylation sites is 2. The van der Waals surface area contributed by atoms with Crippen LogP contribution in [0.15, 0.2) is 46.7 Å². The van der Waals surface area contributed by atoms with E-state index in [1.165, 1.54) is 17.4 Å². The minimum atomic E-state index is -0.444. The van der Waals surface area contributed by atoms with Crippen molar-refractivity contribution in [3.8, 4) is 5.75 Å². The highest BCUT2D eigenvalue weighted by Crippen LogP contribution is 2.25. The van der Waals surface area contributed by atoms with Crippen LogP contribution in [0.2, 0.25) is 0 Å². The number of anilines is 1. The molecule has 0 saturated carbocycles. The number of amides is 1. The second-order valence-corrected chi connectivity index (χ2v) is 6.80. The van der Waals surface area contributed by atoms with Crippen molar-refractivity contribution in [1.82, 2.24) is 9.38 Å². The number of fused-ring (bicyclic) bond motifs is 1. The smallest absolute Gasteiger partial charge is 0.274 e. The Morgan fingerprint density at radius 3 is 3.15 bits per heavy atom. The van der Waals surface area contributed by atoms with Gasteiger partial charge in [0.25, 0.3) is 11.5 Å². The third-order valence-corrected chi connectivity index (χ3v) is 4.89. The maximum Gasteiger partial charge on any atom is 0.274 e. The number of benzene rings is 1. The lowest BCUT2D eigenvalue weighted by Crippen LogP contribution is -2.21. The van der Waals surface area contributed by atoms with E-state index >= 15 is 0 Å². The first-order valence-electron chi connectivity index (χ1n) is 8.32. The molecule has 1 N–H and O–H groups in total. The Labute approximate surface area is 153 Å². The van der Waals surface area contributed by atoms with Crippen molar-refractivity contribution in [3.05, 3.63) is 58.0 Å². The molecule has 2 aromatic heterocycles. The molecule has 1 saturated heterocycles. The highest BCUT2D eigenvalue weighted by atomic mass is 32.1. The monoisotopic (exact) mass is 371 g/mol. The van der Waals surface area contributed by atoms with Crippen LogP contribution in [0.25, 0.3) is 4.96 Å². The Kier molecular flexibility index (Phi) is 4.68. The molecule has 0 radical (unpaired) electrons. The molecule has 1 aliphatic rings. The third-order valence-electron chi connectivity index (χ3n) is 4.13. The molecule has 1 fully saturated rings. The number of carbonyl (C=O) groups is 1. The van der Waals surface area contributed by atoms with Crippen LogP contribution in [-0.4, -0.2) is 34.6 Å². The van der Waals surface area contributed by atoms with E-state index in [0.717, 1.165) is 19.4 Å². The van der Waals surface area contributed by atoms with E-state index in [1.54, 1.807) is 28.1 Å². The highest BCUT2D eigenvalue weighted by Gasteiger charge is 2.18. The van der Waals surface area contributed by atoms with Gasteiger partial charge in [-0.2, -0.15) is 4.98 Å². The normalized spacial score (nSPS) is 16.7. The molecule has 0 bridgehead atoms. The minimum absolute atomic E-state index is 0.0861. The van der Waals surface area contributed by atoms with Crippen molar-refractivity contribution >= 4 is 27.9 Å². The second kappa shape index (κ2) is 7.27. The van der Waals surface area contributed by atoms with Gasteiger partial charge in [-0.3, -0.25) is 14.0 Å². The summed E-state index contributed by atoms with van der Waals surface area (Å²) in [6.45, 7) is 1.20. The first-order chi connectivity index (χ1) is 12.7. The minimum Gasteiger partial charge on any atom is -0.489 e. The number of aromatic nitrogens is 2. The molecule has 3 aromatic rings. The Balaban J connectivity index is 1.55. The highest BCUT2D eigenvalue weighted by molar-refractivity contribution is 7.15. The van der Waals surface area contributed by atoms with E-state index in [-0.39, 0.29) is 11.8 Å². The van der Waals surface area contributed by atoms with Gasteiger partial charge in [0.2, 0.25) is 0 Å². The van der Waals surface area contributed by atoms with Crippen LogP contribution in [0.4, 0.5) is 5.69 Å². The van der Waals surface area contributed by atoms with E-state index < -0.39 is 11.5 Å². The zero-order chi connectivity index (χ0) is 17.9.